The van der Waals surface area contributed by atoms with Gasteiger partial charge in [0.15, 0.2) is 5.96 Å². The maximum absolute atomic E-state index is 5.26. The summed E-state index contributed by atoms with van der Waals surface area (Å²) < 4.78 is 5.26. The van der Waals surface area contributed by atoms with Gasteiger partial charge in [0.25, 0.3) is 0 Å². The molecule has 4 nitrogen and oxygen atoms in total. The fourth-order valence-electron chi connectivity index (χ4n) is 2.87. The first-order valence-electron chi connectivity index (χ1n) is 8.31. The van der Waals surface area contributed by atoms with Crippen LogP contribution >= 0.6 is 24.0 Å². The van der Waals surface area contributed by atoms with Crippen LogP contribution in [0.25, 0.3) is 0 Å². The Hall–Kier alpha value is -0.980. The summed E-state index contributed by atoms with van der Waals surface area (Å²) in [6.07, 6.45) is 4.68. The zero-order chi connectivity index (χ0) is 15.8. The van der Waals surface area contributed by atoms with E-state index in [2.05, 4.69) is 40.3 Å². The first-order valence-corrected chi connectivity index (χ1v) is 8.31. The summed E-state index contributed by atoms with van der Waals surface area (Å²) in [5.74, 6) is 2.84. The number of rotatable bonds is 5. The van der Waals surface area contributed by atoms with E-state index in [0.29, 0.717) is 0 Å². The van der Waals surface area contributed by atoms with Crippen LogP contribution in [0.3, 0.4) is 0 Å². The molecule has 1 aliphatic rings. The number of hydrogen-bond donors (Lipinski definition) is 1. The Morgan fingerprint density at radius 3 is 2.74 bits per heavy atom. The maximum Gasteiger partial charge on any atom is 0.193 e. The SMILES string of the molecule is CN=C(NCCCc1cccc(OC)c1)N1CCC(C)CC1.I. The molecule has 1 aliphatic heterocycles. The maximum atomic E-state index is 5.26. The van der Waals surface area contributed by atoms with Gasteiger partial charge >= 0.3 is 0 Å². The molecule has 23 heavy (non-hydrogen) atoms. The number of aryl methyl sites for hydroxylation is 1. The first kappa shape index (κ1) is 20.1. The van der Waals surface area contributed by atoms with E-state index in [4.69, 9.17) is 4.74 Å². The number of likely N-dealkylation sites (tertiary alicyclic amines) is 1. The zero-order valence-electron chi connectivity index (χ0n) is 14.5. The van der Waals surface area contributed by atoms with Gasteiger partial charge in [-0.1, -0.05) is 19.1 Å². The number of halogens is 1. The van der Waals surface area contributed by atoms with Crippen molar-refractivity contribution < 1.29 is 4.74 Å². The number of nitrogens with zero attached hydrogens (tertiary/aromatic N) is 2. The average molecular weight is 431 g/mol. The van der Waals surface area contributed by atoms with Crippen molar-refractivity contribution in [3.05, 3.63) is 29.8 Å². The molecule has 2 rings (SSSR count). The second kappa shape index (κ2) is 10.7. The molecule has 0 aliphatic carbocycles. The molecule has 1 N–H and O–H groups in total. The third-order valence-corrected chi connectivity index (χ3v) is 4.35. The smallest absolute Gasteiger partial charge is 0.193 e. The molecule has 1 fully saturated rings. The topological polar surface area (TPSA) is 36.9 Å². The molecule has 5 heteroatoms. The molecule has 1 saturated heterocycles. The highest BCUT2D eigenvalue weighted by Crippen LogP contribution is 2.16. The molecular weight excluding hydrogens is 401 g/mol. The number of benzene rings is 1. The van der Waals surface area contributed by atoms with Gasteiger partial charge in [-0.05, 0) is 49.3 Å². The minimum atomic E-state index is 0. The number of piperidine rings is 1. The normalized spacial score (nSPS) is 16.0. The van der Waals surface area contributed by atoms with Gasteiger partial charge in [-0.15, -0.1) is 24.0 Å². The van der Waals surface area contributed by atoms with Gasteiger partial charge in [0.05, 0.1) is 7.11 Å². The van der Waals surface area contributed by atoms with Gasteiger partial charge in [-0.2, -0.15) is 0 Å². The van der Waals surface area contributed by atoms with E-state index in [1.807, 2.05) is 13.1 Å². The highest BCUT2D eigenvalue weighted by molar-refractivity contribution is 14.0. The first-order chi connectivity index (χ1) is 10.7. The lowest BCUT2D eigenvalue weighted by Crippen LogP contribution is -2.45. The van der Waals surface area contributed by atoms with Crippen molar-refractivity contribution in [3.8, 4) is 5.75 Å². The van der Waals surface area contributed by atoms with E-state index in [-0.39, 0.29) is 24.0 Å². The van der Waals surface area contributed by atoms with E-state index >= 15 is 0 Å². The molecule has 0 saturated carbocycles. The number of aliphatic imine (C=N–C) groups is 1. The van der Waals surface area contributed by atoms with Crippen molar-refractivity contribution in [3.63, 3.8) is 0 Å². The van der Waals surface area contributed by atoms with Gasteiger partial charge in [0, 0.05) is 26.7 Å². The number of hydrogen-bond acceptors (Lipinski definition) is 2. The summed E-state index contributed by atoms with van der Waals surface area (Å²) in [5, 5.41) is 3.50. The molecule has 130 valence electrons. The molecule has 0 radical (unpaired) electrons. The lowest BCUT2D eigenvalue weighted by molar-refractivity contribution is 0.273. The second-order valence-corrected chi connectivity index (χ2v) is 6.10. The largest absolute Gasteiger partial charge is 0.497 e. The Morgan fingerprint density at radius 2 is 2.09 bits per heavy atom. The molecule has 0 unspecified atom stereocenters. The van der Waals surface area contributed by atoms with Crippen LogP contribution in [0.4, 0.5) is 0 Å². The molecule has 0 aromatic heterocycles. The van der Waals surface area contributed by atoms with Gasteiger partial charge < -0.3 is 15.0 Å². The standard InChI is InChI=1S/C18H29N3O.HI/c1-15-9-12-21(13-10-15)18(19-2)20-11-5-7-16-6-4-8-17(14-16)22-3;/h4,6,8,14-15H,5,7,9-13H2,1-3H3,(H,19,20);1H. The summed E-state index contributed by atoms with van der Waals surface area (Å²) in [7, 11) is 3.59. The molecule has 0 spiro atoms. The number of guanidine groups is 1. The summed E-state index contributed by atoms with van der Waals surface area (Å²) >= 11 is 0. The number of ether oxygens (including phenoxy) is 1. The van der Waals surface area contributed by atoms with Crippen LogP contribution in [0.2, 0.25) is 0 Å². The predicted octanol–water partition coefficient (Wildman–Crippen LogP) is 3.55. The van der Waals surface area contributed by atoms with Crippen molar-refractivity contribution in [2.75, 3.05) is 33.8 Å². The Kier molecular flexibility index (Phi) is 9.36. The third kappa shape index (κ3) is 6.57. The van der Waals surface area contributed by atoms with E-state index in [0.717, 1.165) is 50.1 Å². The van der Waals surface area contributed by atoms with Crippen LogP contribution in [0.1, 0.15) is 31.7 Å². The minimum Gasteiger partial charge on any atom is -0.497 e. The highest BCUT2D eigenvalue weighted by Gasteiger charge is 2.18. The number of methoxy groups -OCH3 is 1. The van der Waals surface area contributed by atoms with E-state index < -0.39 is 0 Å². The molecule has 1 aromatic carbocycles. The van der Waals surface area contributed by atoms with E-state index in [1.165, 1.54) is 18.4 Å². The van der Waals surface area contributed by atoms with Gasteiger partial charge in [-0.25, -0.2) is 0 Å². The summed E-state index contributed by atoms with van der Waals surface area (Å²) in [5.41, 5.74) is 1.32. The predicted molar refractivity (Wildman–Crippen MR) is 108 cm³/mol. The van der Waals surface area contributed by atoms with Gasteiger partial charge in [0.1, 0.15) is 5.75 Å². The molecule has 1 heterocycles. The van der Waals surface area contributed by atoms with E-state index in [9.17, 15) is 0 Å². The Bertz CT molecular complexity index is 485. The van der Waals surface area contributed by atoms with Crippen LogP contribution < -0.4 is 10.1 Å². The monoisotopic (exact) mass is 431 g/mol. The van der Waals surface area contributed by atoms with Crippen molar-refractivity contribution in [2.45, 2.75) is 32.6 Å². The molecule has 1 aromatic rings. The van der Waals surface area contributed by atoms with E-state index in [1.54, 1.807) is 7.11 Å². The van der Waals surface area contributed by atoms with Crippen molar-refractivity contribution in [1.82, 2.24) is 10.2 Å². The van der Waals surface area contributed by atoms with Crippen molar-refractivity contribution in [2.24, 2.45) is 10.9 Å². The fraction of sp³-hybridized carbons (Fsp3) is 0.611. The third-order valence-electron chi connectivity index (χ3n) is 4.35. The number of nitrogens with one attached hydrogen (secondary N) is 1. The van der Waals surface area contributed by atoms with Gasteiger partial charge in [0.2, 0.25) is 0 Å². The zero-order valence-corrected chi connectivity index (χ0v) is 16.9. The van der Waals surface area contributed by atoms with Crippen LogP contribution in [0.15, 0.2) is 29.3 Å². The van der Waals surface area contributed by atoms with Crippen molar-refractivity contribution >= 4 is 29.9 Å². The van der Waals surface area contributed by atoms with Crippen LogP contribution in [0.5, 0.6) is 5.75 Å². The average Bonchev–Trinajstić information content (AvgIpc) is 2.56. The summed E-state index contributed by atoms with van der Waals surface area (Å²) in [6, 6.07) is 8.31. The minimum absolute atomic E-state index is 0. The summed E-state index contributed by atoms with van der Waals surface area (Å²) in [6.45, 7) is 5.53. The summed E-state index contributed by atoms with van der Waals surface area (Å²) in [4.78, 5) is 6.80. The second-order valence-electron chi connectivity index (χ2n) is 6.10. The molecule has 0 amide bonds. The Balaban J connectivity index is 0.00000264. The molecule has 0 bridgehead atoms. The highest BCUT2D eigenvalue weighted by atomic mass is 127. The van der Waals surface area contributed by atoms with Crippen LogP contribution in [-0.4, -0.2) is 44.7 Å². The van der Waals surface area contributed by atoms with Crippen LogP contribution in [0, 0.1) is 5.92 Å². The molecular formula is C18H30IN3O. The van der Waals surface area contributed by atoms with Gasteiger partial charge in [-0.3, -0.25) is 4.99 Å². The quantitative estimate of drug-likeness (QED) is 0.335. The van der Waals surface area contributed by atoms with Crippen LogP contribution in [-0.2, 0) is 6.42 Å². The molecule has 0 atom stereocenters. The van der Waals surface area contributed by atoms with Crippen molar-refractivity contribution in [1.29, 1.82) is 0 Å². The lowest BCUT2D eigenvalue weighted by Gasteiger charge is -2.32. The lowest BCUT2D eigenvalue weighted by atomic mass is 10.00. The fourth-order valence-corrected chi connectivity index (χ4v) is 2.87. The Labute approximate surface area is 157 Å². The Morgan fingerprint density at radius 1 is 1.35 bits per heavy atom.